The number of nitrogens with one attached hydrogen (secondary N) is 1. The predicted molar refractivity (Wildman–Crippen MR) is 73.6 cm³/mol. The van der Waals surface area contributed by atoms with E-state index in [-0.39, 0.29) is 0 Å². The van der Waals surface area contributed by atoms with Crippen LogP contribution in [0.25, 0.3) is 0 Å². The van der Waals surface area contributed by atoms with Gasteiger partial charge in [-0.3, -0.25) is 0 Å². The van der Waals surface area contributed by atoms with Crippen molar-refractivity contribution >= 4 is 27.7 Å². The zero-order chi connectivity index (χ0) is 11.1. The minimum absolute atomic E-state index is 0.399. The van der Waals surface area contributed by atoms with E-state index in [0.29, 0.717) is 6.04 Å². The molecule has 0 spiro atoms. The second-order valence-corrected chi connectivity index (χ2v) is 5.35. The van der Waals surface area contributed by atoms with Crippen LogP contribution in [0.2, 0.25) is 0 Å². The lowest BCUT2D eigenvalue weighted by Gasteiger charge is -2.17. The highest BCUT2D eigenvalue weighted by atomic mass is 79.9. The van der Waals surface area contributed by atoms with Crippen molar-refractivity contribution in [2.45, 2.75) is 6.04 Å². The van der Waals surface area contributed by atoms with Crippen LogP contribution in [0, 0.1) is 0 Å². The minimum Gasteiger partial charge on any atom is -0.305 e. The van der Waals surface area contributed by atoms with E-state index in [1.54, 1.807) is 0 Å². The number of halogens is 1. The maximum Gasteiger partial charge on any atom is 0.0414 e. The van der Waals surface area contributed by atoms with Crippen molar-refractivity contribution in [2.75, 3.05) is 18.6 Å². The molecule has 3 heteroatoms. The molecular weight excluding hydrogens is 270 g/mol. The Labute approximate surface area is 104 Å². The van der Waals surface area contributed by atoms with Crippen LogP contribution in [-0.2, 0) is 0 Å². The van der Waals surface area contributed by atoms with E-state index in [4.69, 9.17) is 0 Å². The van der Waals surface area contributed by atoms with Gasteiger partial charge in [-0.25, -0.2) is 0 Å². The van der Waals surface area contributed by atoms with Gasteiger partial charge in [0.2, 0.25) is 0 Å². The van der Waals surface area contributed by atoms with Gasteiger partial charge in [0.25, 0.3) is 0 Å². The van der Waals surface area contributed by atoms with Gasteiger partial charge < -0.3 is 5.32 Å². The van der Waals surface area contributed by atoms with Crippen LogP contribution in [0.5, 0.6) is 0 Å². The fourth-order valence-corrected chi connectivity index (χ4v) is 2.16. The average Bonchev–Trinajstić information content (AvgIpc) is 2.25. The van der Waals surface area contributed by atoms with E-state index in [1.165, 1.54) is 5.56 Å². The van der Waals surface area contributed by atoms with E-state index in [2.05, 4.69) is 58.3 Å². The Balaban J connectivity index is 2.61. The van der Waals surface area contributed by atoms with Gasteiger partial charge in [-0.05, 0) is 11.8 Å². The van der Waals surface area contributed by atoms with Crippen LogP contribution >= 0.6 is 27.7 Å². The first-order chi connectivity index (χ1) is 7.24. The average molecular weight is 286 g/mol. The number of hydrogen-bond acceptors (Lipinski definition) is 2. The number of rotatable bonds is 6. The summed E-state index contributed by atoms with van der Waals surface area (Å²) in [5.74, 6) is 1.07. The molecule has 0 amide bonds. The van der Waals surface area contributed by atoms with Crippen LogP contribution in [0.15, 0.2) is 41.4 Å². The van der Waals surface area contributed by atoms with Gasteiger partial charge in [-0.15, -0.1) is 0 Å². The zero-order valence-electron chi connectivity index (χ0n) is 8.87. The normalized spacial score (nSPS) is 12.4. The summed E-state index contributed by atoms with van der Waals surface area (Å²) < 4.78 is 0.990. The van der Waals surface area contributed by atoms with Gasteiger partial charge >= 0.3 is 0 Å². The summed E-state index contributed by atoms with van der Waals surface area (Å²) in [6.45, 7) is 4.63. The van der Waals surface area contributed by atoms with Crippen molar-refractivity contribution in [3.63, 3.8) is 0 Å². The smallest absolute Gasteiger partial charge is 0.0414 e. The highest BCUT2D eigenvalue weighted by Gasteiger charge is 2.09. The zero-order valence-corrected chi connectivity index (χ0v) is 11.3. The van der Waals surface area contributed by atoms with Crippen LogP contribution in [0.4, 0.5) is 0 Å². The maximum atomic E-state index is 3.83. The van der Waals surface area contributed by atoms with Crippen molar-refractivity contribution in [3.8, 4) is 0 Å². The molecule has 1 aromatic rings. The van der Waals surface area contributed by atoms with E-state index in [0.717, 1.165) is 16.8 Å². The van der Waals surface area contributed by atoms with E-state index in [1.807, 2.05) is 17.8 Å². The molecule has 0 aromatic heterocycles. The van der Waals surface area contributed by atoms with Crippen LogP contribution in [-0.4, -0.2) is 18.6 Å². The van der Waals surface area contributed by atoms with Gasteiger partial charge in [0, 0.05) is 22.8 Å². The quantitative estimate of drug-likeness (QED) is 0.857. The van der Waals surface area contributed by atoms with Gasteiger partial charge in [-0.1, -0.05) is 52.8 Å². The summed E-state index contributed by atoms with van der Waals surface area (Å²) in [5, 5.41) is 3.47. The molecule has 0 heterocycles. The highest BCUT2D eigenvalue weighted by Crippen LogP contribution is 2.17. The third-order valence-electron chi connectivity index (χ3n) is 2.08. The fraction of sp³-hybridized carbons (Fsp3) is 0.333. The summed E-state index contributed by atoms with van der Waals surface area (Å²) in [6.07, 6.45) is 2.13. The lowest BCUT2D eigenvalue weighted by molar-refractivity contribution is 0.624. The topological polar surface area (TPSA) is 12.0 Å². The molecule has 0 fully saturated rings. The number of hydrogen-bond donors (Lipinski definition) is 1. The van der Waals surface area contributed by atoms with Crippen molar-refractivity contribution in [1.29, 1.82) is 0 Å². The maximum absolute atomic E-state index is 3.83. The van der Waals surface area contributed by atoms with Gasteiger partial charge in [0.15, 0.2) is 0 Å². The van der Waals surface area contributed by atoms with Gasteiger partial charge in [0.1, 0.15) is 0 Å². The summed E-state index contributed by atoms with van der Waals surface area (Å²) in [5.41, 5.74) is 1.33. The second-order valence-electron chi connectivity index (χ2n) is 3.32. The molecule has 0 aliphatic carbocycles. The SMILES string of the molecule is C=C(Br)CNC(CSC)c1ccccc1. The molecule has 82 valence electrons. The standard InChI is InChI=1S/C12H16BrNS/c1-10(13)8-14-12(9-15-2)11-6-4-3-5-7-11/h3-7,12,14H,1,8-9H2,2H3. The molecule has 15 heavy (non-hydrogen) atoms. The van der Waals surface area contributed by atoms with Gasteiger partial charge in [0.05, 0.1) is 0 Å². The van der Waals surface area contributed by atoms with Gasteiger partial charge in [-0.2, -0.15) is 11.8 Å². The summed E-state index contributed by atoms with van der Waals surface area (Å²) in [4.78, 5) is 0. The predicted octanol–water partition coefficient (Wildman–Crippen LogP) is 3.59. The third kappa shape index (κ3) is 4.87. The number of thioether (sulfide) groups is 1. The summed E-state index contributed by atoms with van der Waals surface area (Å²) in [7, 11) is 0. The molecule has 1 nitrogen and oxygen atoms in total. The van der Waals surface area contributed by atoms with E-state index >= 15 is 0 Å². The Kier molecular flexibility index (Phi) is 6.06. The molecule has 0 bridgehead atoms. The third-order valence-corrected chi connectivity index (χ3v) is 3.02. The van der Waals surface area contributed by atoms with Crippen LogP contribution in [0.3, 0.4) is 0 Å². The minimum atomic E-state index is 0.399. The van der Waals surface area contributed by atoms with Crippen molar-refractivity contribution in [3.05, 3.63) is 47.0 Å². The first-order valence-electron chi connectivity index (χ1n) is 4.84. The molecule has 1 atom stereocenters. The van der Waals surface area contributed by atoms with E-state index < -0.39 is 0 Å². The molecule has 1 rings (SSSR count). The molecule has 0 saturated heterocycles. The molecule has 1 aromatic carbocycles. The Hall–Kier alpha value is -0.250. The van der Waals surface area contributed by atoms with Crippen molar-refractivity contribution < 1.29 is 0 Å². The Morgan fingerprint density at radius 2 is 2.13 bits per heavy atom. The lowest BCUT2D eigenvalue weighted by Crippen LogP contribution is -2.24. The number of benzene rings is 1. The lowest BCUT2D eigenvalue weighted by atomic mass is 10.1. The molecule has 1 unspecified atom stereocenters. The summed E-state index contributed by atoms with van der Waals surface area (Å²) >= 11 is 5.21. The van der Waals surface area contributed by atoms with Crippen molar-refractivity contribution in [2.24, 2.45) is 0 Å². The Bertz CT molecular complexity index is 300. The molecule has 1 N–H and O–H groups in total. The highest BCUT2D eigenvalue weighted by molar-refractivity contribution is 9.11. The Morgan fingerprint density at radius 3 is 2.67 bits per heavy atom. The molecule has 0 saturated carbocycles. The monoisotopic (exact) mass is 285 g/mol. The summed E-state index contributed by atoms with van der Waals surface area (Å²) in [6, 6.07) is 10.9. The molecule has 0 radical (unpaired) electrons. The van der Waals surface area contributed by atoms with E-state index in [9.17, 15) is 0 Å². The largest absolute Gasteiger partial charge is 0.305 e. The molecule has 0 aliphatic rings. The van der Waals surface area contributed by atoms with Crippen LogP contribution < -0.4 is 5.32 Å². The Morgan fingerprint density at radius 1 is 1.47 bits per heavy atom. The van der Waals surface area contributed by atoms with Crippen LogP contribution in [0.1, 0.15) is 11.6 Å². The first kappa shape index (κ1) is 12.8. The molecule has 0 aliphatic heterocycles. The second kappa shape index (κ2) is 7.09. The first-order valence-corrected chi connectivity index (χ1v) is 7.03. The van der Waals surface area contributed by atoms with Crippen molar-refractivity contribution in [1.82, 2.24) is 5.32 Å². The fourth-order valence-electron chi connectivity index (χ4n) is 1.36. The molecular formula is C12H16BrNS.